The van der Waals surface area contributed by atoms with Crippen LogP contribution in [0.3, 0.4) is 0 Å². The minimum atomic E-state index is -3.58. The minimum absolute atomic E-state index is 0.114. The van der Waals surface area contributed by atoms with E-state index in [1.54, 1.807) is 18.2 Å². The maximum absolute atomic E-state index is 12.7. The zero-order valence-corrected chi connectivity index (χ0v) is 7.96. The molecule has 0 radical (unpaired) electrons. The molecule has 1 unspecified atom stereocenters. The van der Waals surface area contributed by atoms with Gasteiger partial charge in [-0.05, 0) is 23.9 Å². The molecule has 1 rings (SSSR count). The van der Waals surface area contributed by atoms with Crippen LogP contribution in [-0.2, 0) is 0 Å². The van der Waals surface area contributed by atoms with Crippen molar-refractivity contribution < 1.29 is 13.2 Å². The highest BCUT2D eigenvalue weighted by Gasteiger charge is 2.40. The van der Waals surface area contributed by atoms with E-state index >= 15 is 0 Å². The Hall–Kier alpha value is -0.350. The number of halogens is 4. The normalized spacial score (nSPS) is 14.2. The van der Waals surface area contributed by atoms with Gasteiger partial charge in [0.15, 0.2) is 0 Å². The van der Waals surface area contributed by atoms with Crippen LogP contribution in [0.1, 0.15) is 0 Å². The Balaban J connectivity index is 2.69. The lowest BCUT2D eigenvalue weighted by Crippen LogP contribution is -2.20. The van der Waals surface area contributed by atoms with Crippen molar-refractivity contribution in [1.29, 1.82) is 0 Å². The predicted molar refractivity (Wildman–Crippen MR) is 48.0 cm³/mol. The third kappa shape index (κ3) is 3.12. The fourth-order valence-electron chi connectivity index (χ4n) is 0.690. The summed E-state index contributed by atoms with van der Waals surface area (Å²) in [6.45, 7) is 0. The Bertz CT molecular complexity index is 263. The first-order valence-corrected chi connectivity index (χ1v) is 4.67. The smallest absolute Gasteiger partial charge is 0.222 e. The number of hydrogen-bond donors (Lipinski definition) is 0. The Morgan fingerprint density at radius 2 is 1.77 bits per heavy atom. The van der Waals surface area contributed by atoms with Crippen molar-refractivity contribution in [3.05, 3.63) is 30.3 Å². The van der Waals surface area contributed by atoms with Gasteiger partial charge in [-0.25, -0.2) is 4.39 Å². The summed E-state index contributed by atoms with van der Waals surface area (Å²) in [5, 5.41) is -3.58. The predicted octanol–water partition coefficient (Wildman–Crippen LogP) is 3.91. The summed E-state index contributed by atoms with van der Waals surface area (Å²) in [5.41, 5.74) is -2.67. The number of alkyl halides is 4. The molecule has 0 saturated heterocycles. The van der Waals surface area contributed by atoms with Crippen LogP contribution in [0.4, 0.5) is 13.2 Å². The van der Waals surface area contributed by atoms with Gasteiger partial charge in [-0.15, -0.1) is 0 Å². The first-order chi connectivity index (χ1) is 6.02. The standard InChI is InChI=1S/C8H6ClF3S/c9-7(10)8(11,12)13-6-4-2-1-3-5-6/h1-5,7H. The van der Waals surface area contributed by atoms with Gasteiger partial charge in [0, 0.05) is 4.90 Å². The first-order valence-electron chi connectivity index (χ1n) is 3.42. The van der Waals surface area contributed by atoms with Gasteiger partial charge in [-0.2, -0.15) is 8.78 Å². The number of thioether (sulfide) groups is 1. The monoisotopic (exact) mass is 226 g/mol. The molecule has 72 valence electrons. The van der Waals surface area contributed by atoms with Gasteiger partial charge < -0.3 is 0 Å². The molecule has 0 spiro atoms. The topological polar surface area (TPSA) is 0 Å². The van der Waals surface area contributed by atoms with Gasteiger partial charge in [0.2, 0.25) is 5.63 Å². The van der Waals surface area contributed by atoms with Gasteiger partial charge in [0.05, 0.1) is 0 Å². The van der Waals surface area contributed by atoms with Crippen LogP contribution in [0, 0.1) is 0 Å². The molecule has 1 atom stereocenters. The summed E-state index contributed by atoms with van der Waals surface area (Å²) < 4.78 is 37.5. The molecule has 0 nitrogen and oxygen atoms in total. The second-order valence-electron chi connectivity index (χ2n) is 2.28. The number of benzene rings is 1. The number of rotatable bonds is 3. The molecule has 0 aromatic heterocycles. The molecule has 1 aromatic rings. The molecule has 0 amide bonds. The van der Waals surface area contributed by atoms with Crippen LogP contribution < -0.4 is 0 Å². The quantitative estimate of drug-likeness (QED) is 0.556. The van der Waals surface area contributed by atoms with Crippen LogP contribution in [0.2, 0.25) is 0 Å². The highest BCUT2D eigenvalue weighted by Crippen LogP contribution is 2.40. The Morgan fingerprint density at radius 1 is 1.23 bits per heavy atom. The summed E-state index contributed by atoms with van der Waals surface area (Å²) >= 11 is 4.80. The summed E-state index contributed by atoms with van der Waals surface area (Å²) in [6.07, 6.45) is 0. The average Bonchev–Trinajstić information content (AvgIpc) is 2.05. The van der Waals surface area contributed by atoms with E-state index < -0.39 is 10.9 Å². The van der Waals surface area contributed by atoms with E-state index in [0.717, 1.165) is 0 Å². The molecular weight excluding hydrogens is 221 g/mol. The molecule has 13 heavy (non-hydrogen) atoms. The van der Waals surface area contributed by atoms with E-state index in [-0.39, 0.29) is 16.7 Å². The molecule has 0 saturated carbocycles. The lowest BCUT2D eigenvalue weighted by atomic mass is 10.4. The highest BCUT2D eigenvalue weighted by molar-refractivity contribution is 8.00. The van der Waals surface area contributed by atoms with Crippen LogP contribution in [0.5, 0.6) is 0 Å². The van der Waals surface area contributed by atoms with Gasteiger partial charge in [-0.1, -0.05) is 29.8 Å². The van der Waals surface area contributed by atoms with Crippen molar-refractivity contribution >= 4 is 23.4 Å². The summed E-state index contributed by atoms with van der Waals surface area (Å²) in [7, 11) is 0. The lowest BCUT2D eigenvalue weighted by molar-refractivity contribution is 0.0537. The third-order valence-electron chi connectivity index (χ3n) is 1.25. The maximum Gasteiger partial charge on any atom is 0.342 e. The molecule has 0 bridgehead atoms. The second kappa shape index (κ2) is 4.24. The molecule has 1 aromatic carbocycles. The van der Waals surface area contributed by atoms with Gasteiger partial charge in [-0.3, -0.25) is 0 Å². The van der Waals surface area contributed by atoms with E-state index in [4.69, 9.17) is 0 Å². The fraction of sp³-hybridized carbons (Fsp3) is 0.250. The van der Waals surface area contributed by atoms with Gasteiger partial charge >= 0.3 is 5.25 Å². The molecule has 0 N–H and O–H groups in total. The number of hydrogen-bond acceptors (Lipinski definition) is 1. The SMILES string of the molecule is FC(Cl)C(F)(F)Sc1ccccc1. The summed E-state index contributed by atoms with van der Waals surface area (Å²) in [4.78, 5) is 0.288. The van der Waals surface area contributed by atoms with Crippen LogP contribution in [0.15, 0.2) is 35.2 Å². The Kier molecular flexibility index (Phi) is 3.50. The van der Waals surface area contributed by atoms with E-state index in [1.807, 2.05) is 0 Å². The van der Waals surface area contributed by atoms with Crippen molar-refractivity contribution in [2.24, 2.45) is 0 Å². The van der Waals surface area contributed by atoms with E-state index in [9.17, 15) is 13.2 Å². The lowest BCUT2D eigenvalue weighted by Gasteiger charge is -2.14. The van der Waals surface area contributed by atoms with Crippen LogP contribution in [-0.4, -0.2) is 10.9 Å². The maximum atomic E-state index is 12.7. The van der Waals surface area contributed by atoms with Crippen molar-refractivity contribution in [3.8, 4) is 0 Å². The highest BCUT2D eigenvalue weighted by atomic mass is 35.5. The molecule has 5 heteroatoms. The van der Waals surface area contributed by atoms with Crippen LogP contribution >= 0.6 is 23.4 Å². The van der Waals surface area contributed by atoms with E-state index in [1.165, 1.54) is 12.1 Å². The minimum Gasteiger partial charge on any atom is -0.222 e. The Morgan fingerprint density at radius 3 is 2.23 bits per heavy atom. The molecule has 0 heterocycles. The fourth-order valence-corrected chi connectivity index (χ4v) is 1.52. The molecule has 0 aliphatic carbocycles. The summed E-state index contributed by atoms with van der Waals surface area (Å²) in [5.74, 6) is 0. The second-order valence-corrected chi connectivity index (χ2v) is 3.88. The molecule has 0 aliphatic heterocycles. The largest absolute Gasteiger partial charge is 0.342 e. The van der Waals surface area contributed by atoms with Crippen molar-refractivity contribution in [1.82, 2.24) is 0 Å². The van der Waals surface area contributed by atoms with E-state index in [0.29, 0.717) is 0 Å². The first kappa shape index (κ1) is 10.7. The van der Waals surface area contributed by atoms with Crippen molar-refractivity contribution in [2.45, 2.75) is 15.8 Å². The van der Waals surface area contributed by atoms with Gasteiger partial charge in [0.25, 0.3) is 0 Å². The third-order valence-corrected chi connectivity index (χ3v) is 2.64. The van der Waals surface area contributed by atoms with Crippen molar-refractivity contribution in [3.63, 3.8) is 0 Å². The Labute approximate surface area is 83.1 Å². The molecule has 0 aliphatic rings. The van der Waals surface area contributed by atoms with Crippen LogP contribution in [0.25, 0.3) is 0 Å². The summed E-state index contributed by atoms with van der Waals surface area (Å²) in [6, 6.07) is 7.82. The average molecular weight is 227 g/mol. The van der Waals surface area contributed by atoms with Crippen molar-refractivity contribution in [2.75, 3.05) is 0 Å². The zero-order valence-electron chi connectivity index (χ0n) is 6.38. The van der Waals surface area contributed by atoms with E-state index in [2.05, 4.69) is 11.6 Å². The van der Waals surface area contributed by atoms with Gasteiger partial charge in [0.1, 0.15) is 0 Å². The molecule has 0 fully saturated rings. The zero-order chi connectivity index (χ0) is 9.90. The molecular formula is C8H6ClF3S.